The third-order valence-corrected chi connectivity index (χ3v) is 6.46. The maximum absolute atomic E-state index is 13.0. The molecule has 2 fully saturated rings. The standard InChI is InChI=1S/C19H16ClN5O4S2/c20-11-3-5-12(6-4-11)21-16(26)8-14-17(27)25(9-13-2-1-7-29-13)18(31-14)24-23-15-10-30-19(28)22-15/h1-7,14H,8-10H2,(H,21,26)(H,22,23,28)/b24-18+/t14-/m0/s1. The van der Waals surface area contributed by atoms with Gasteiger partial charge >= 0.3 is 0 Å². The second kappa shape index (κ2) is 9.58. The topological polar surface area (TPSA) is 116 Å². The van der Waals surface area contributed by atoms with Crippen LogP contribution in [0.15, 0.2) is 57.3 Å². The van der Waals surface area contributed by atoms with Crippen LogP contribution in [0.1, 0.15) is 12.2 Å². The Morgan fingerprint density at radius 2 is 2.06 bits per heavy atom. The Hall–Kier alpha value is -2.76. The summed E-state index contributed by atoms with van der Waals surface area (Å²) in [6.45, 7) is 0.166. The van der Waals surface area contributed by atoms with E-state index in [-0.39, 0.29) is 30.0 Å². The molecule has 1 aromatic carbocycles. The Labute approximate surface area is 190 Å². The van der Waals surface area contributed by atoms with Crippen LogP contribution < -0.4 is 10.6 Å². The molecule has 2 aromatic rings. The van der Waals surface area contributed by atoms with Crippen molar-refractivity contribution in [2.75, 3.05) is 11.1 Å². The number of halogens is 1. The average Bonchev–Trinajstić information content (AvgIpc) is 3.46. The van der Waals surface area contributed by atoms with E-state index in [2.05, 4.69) is 20.8 Å². The lowest BCUT2D eigenvalue weighted by Gasteiger charge is -2.14. The molecule has 12 heteroatoms. The zero-order valence-corrected chi connectivity index (χ0v) is 18.3. The summed E-state index contributed by atoms with van der Waals surface area (Å²) < 4.78 is 5.34. The Kier molecular flexibility index (Phi) is 6.64. The van der Waals surface area contributed by atoms with Crippen molar-refractivity contribution in [2.45, 2.75) is 18.2 Å². The van der Waals surface area contributed by atoms with Crippen molar-refractivity contribution in [3.63, 3.8) is 0 Å². The third-order valence-electron chi connectivity index (χ3n) is 4.26. The first-order chi connectivity index (χ1) is 15.0. The number of nitrogens with one attached hydrogen (secondary N) is 2. The van der Waals surface area contributed by atoms with E-state index in [1.54, 1.807) is 36.4 Å². The number of hydrogen-bond donors (Lipinski definition) is 2. The normalized spacial score (nSPS) is 21.2. The summed E-state index contributed by atoms with van der Waals surface area (Å²) in [7, 11) is 0. The van der Waals surface area contributed by atoms with Crippen molar-refractivity contribution in [1.29, 1.82) is 0 Å². The van der Waals surface area contributed by atoms with E-state index in [0.717, 1.165) is 23.5 Å². The third kappa shape index (κ3) is 5.49. The summed E-state index contributed by atoms with van der Waals surface area (Å²) in [5, 5.41) is 13.6. The highest BCUT2D eigenvalue weighted by Gasteiger charge is 2.40. The molecule has 9 nitrogen and oxygen atoms in total. The van der Waals surface area contributed by atoms with Gasteiger partial charge in [0.05, 0.1) is 18.6 Å². The molecule has 0 unspecified atom stereocenters. The minimum Gasteiger partial charge on any atom is -0.467 e. The van der Waals surface area contributed by atoms with E-state index < -0.39 is 5.25 Å². The molecule has 2 aliphatic rings. The molecule has 31 heavy (non-hydrogen) atoms. The van der Waals surface area contributed by atoms with Gasteiger partial charge in [-0.2, -0.15) is 0 Å². The summed E-state index contributed by atoms with van der Waals surface area (Å²) in [5.74, 6) is 0.802. The molecule has 1 atom stereocenters. The van der Waals surface area contributed by atoms with Gasteiger partial charge in [0.25, 0.3) is 5.24 Å². The Balaban J connectivity index is 1.48. The number of amidine groups is 2. The number of amides is 3. The van der Waals surface area contributed by atoms with E-state index >= 15 is 0 Å². The van der Waals surface area contributed by atoms with Gasteiger partial charge in [0, 0.05) is 17.1 Å². The lowest BCUT2D eigenvalue weighted by molar-refractivity contribution is -0.128. The molecule has 0 saturated carbocycles. The van der Waals surface area contributed by atoms with E-state index in [9.17, 15) is 14.4 Å². The number of carbonyl (C=O) groups excluding carboxylic acids is 3. The Morgan fingerprint density at radius 1 is 1.26 bits per heavy atom. The van der Waals surface area contributed by atoms with E-state index in [1.807, 2.05) is 0 Å². The van der Waals surface area contributed by atoms with Crippen LogP contribution in [0.5, 0.6) is 0 Å². The lowest BCUT2D eigenvalue weighted by atomic mass is 10.2. The minimum atomic E-state index is -0.659. The number of hydrogen-bond acceptors (Lipinski definition) is 8. The van der Waals surface area contributed by atoms with Crippen LogP contribution in [-0.4, -0.2) is 44.0 Å². The van der Waals surface area contributed by atoms with Crippen molar-refractivity contribution < 1.29 is 18.8 Å². The van der Waals surface area contributed by atoms with Gasteiger partial charge in [-0.15, -0.1) is 10.2 Å². The number of thioether (sulfide) groups is 2. The summed E-state index contributed by atoms with van der Waals surface area (Å²) in [6, 6.07) is 10.2. The minimum absolute atomic E-state index is 0.0387. The van der Waals surface area contributed by atoms with Crippen molar-refractivity contribution >= 4 is 68.9 Å². The fraction of sp³-hybridized carbons (Fsp3) is 0.211. The van der Waals surface area contributed by atoms with E-state index in [1.165, 1.54) is 11.2 Å². The second-order valence-corrected chi connectivity index (χ2v) is 9.05. The maximum atomic E-state index is 13.0. The van der Waals surface area contributed by atoms with Crippen molar-refractivity contribution in [3.05, 3.63) is 53.4 Å². The van der Waals surface area contributed by atoms with Crippen LogP contribution in [0.3, 0.4) is 0 Å². The Morgan fingerprint density at radius 3 is 2.74 bits per heavy atom. The van der Waals surface area contributed by atoms with Crippen molar-refractivity contribution in [3.8, 4) is 0 Å². The summed E-state index contributed by atoms with van der Waals surface area (Å²) in [6.07, 6.45) is 1.48. The molecule has 2 aliphatic heterocycles. The number of nitrogens with zero attached hydrogens (tertiary/aromatic N) is 3. The number of anilines is 1. The van der Waals surface area contributed by atoms with Gasteiger partial charge in [0.1, 0.15) is 16.8 Å². The fourth-order valence-corrected chi connectivity index (χ4v) is 4.61. The van der Waals surface area contributed by atoms with Gasteiger partial charge in [-0.3, -0.25) is 19.3 Å². The molecule has 0 spiro atoms. The molecular weight excluding hydrogens is 462 g/mol. The lowest BCUT2D eigenvalue weighted by Crippen LogP contribution is -2.33. The molecule has 2 N–H and O–H groups in total. The molecule has 2 saturated heterocycles. The molecule has 3 heterocycles. The van der Waals surface area contributed by atoms with Crippen LogP contribution in [0.4, 0.5) is 10.5 Å². The first kappa shape index (κ1) is 21.5. The molecule has 4 rings (SSSR count). The zero-order valence-electron chi connectivity index (χ0n) is 15.9. The van der Waals surface area contributed by atoms with Gasteiger partial charge in [-0.1, -0.05) is 35.1 Å². The highest BCUT2D eigenvalue weighted by Crippen LogP contribution is 2.31. The van der Waals surface area contributed by atoms with Crippen LogP contribution in [-0.2, 0) is 16.1 Å². The molecule has 0 aliphatic carbocycles. The fourth-order valence-electron chi connectivity index (χ4n) is 2.81. The van der Waals surface area contributed by atoms with Gasteiger partial charge in [-0.25, -0.2) is 0 Å². The highest BCUT2D eigenvalue weighted by molar-refractivity contribution is 8.15. The summed E-state index contributed by atoms with van der Waals surface area (Å²) in [4.78, 5) is 38.2. The summed E-state index contributed by atoms with van der Waals surface area (Å²) >= 11 is 8.10. The number of rotatable bonds is 6. The summed E-state index contributed by atoms with van der Waals surface area (Å²) in [5.41, 5.74) is 0.590. The largest absolute Gasteiger partial charge is 0.467 e. The highest BCUT2D eigenvalue weighted by atomic mass is 35.5. The first-order valence-corrected chi connectivity index (χ1v) is 11.4. The monoisotopic (exact) mass is 477 g/mol. The zero-order chi connectivity index (χ0) is 21.8. The van der Waals surface area contributed by atoms with Crippen LogP contribution in [0.2, 0.25) is 5.02 Å². The molecule has 3 amide bonds. The molecule has 1 aromatic heterocycles. The van der Waals surface area contributed by atoms with Crippen LogP contribution in [0, 0.1) is 0 Å². The Bertz CT molecular complexity index is 1060. The molecule has 160 valence electrons. The predicted octanol–water partition coefficient (Wildman–Crippen LogP) is 3.53. The number of furan rings is 1. The maximum Gasteiger partial charge on any atom is 0.284 e. The van der Waals surface area contributed by atoms with Gasteiger partial charge in [0.2, 0.25) is 11.8 Å². The predicted molar refractivity (Wildman–Crippen MR) is 121 cm³/mol. The quantitative estimate of drug-likeness (QED) is 0.615. The van der Waals surface area contributed by atoms with Crippen molar-refractivity contribution in [2.24, 2.45) is 10.2 Å². The van der Waals surface area contributed by atoms with Crippen molar-refractivity contribution in [1.82, 2.24) is 10.2 Å². The molecule has 0 radical (unpaired) electrons. The van der Waals surface area contributed by atoms with Gasteiger partial charge in [0.15, 0.2) is 5.17 Å². The smallest absolute Gasteiger partial charge is 0.284 e. The van der Waals surface area contributed by atoms with E-state index in [0.29, 0.717) is 33.2 Å². The number of carbonyl (C=O) groups is 3. The van der Waals surface area contributed by atoms with Crippen LogP contribution in [0.25, 0.3) is 0 Å². The second-order valence-electron chi connectivity index (χ2n) is 6.50. The average molecular weight is 478 g/mol. The van der Waals surface area contributed by atoms with Gasteiger partial charge < -0.3 is 15.1 Å². The van der Waals surface area contributed by atoms with E-state index in [4.69, 9.17) is 16.0 Å². The van der Waals surface area contributed by atoms with Crippen LogP contribution >= 0.6 is 35.1 Å². The molecule has 0 bridgehead atoms. The SMILES string of the molecule is O=C(C[C@@H]1S/C(=N/N=C2\CSC(=O)N2)N(Cc2ccco2)C1=O)Nc1ccc(Cl)cc1. The molecular formula is C19H16ClN5O4S2. The number of benzene rings is 1. The van der Waals surface area contributed by atoms with Gasteiger partial charge in [-0.05, 0) is 36.4 Å². The first-order valence-electron chi connectivity index (χ1n) is 9.12.